The molecule has 102 valence electrons. The van der Waals surface area contributed by atoms with E-state index < -0.39 is 0 Å². The van der Waals surface area contributed by atoms with Crippen LogP contribution in [0.3, 0.4) is 0 Å². The number of nitrogens with one attached hydrogen (secondary N) is 1. The van der Waals surface area contributed by atoms with Gasteiger partial charge < -0.3 is 10.1 Å². The molecule has 0 atom stereocenters. The van der Waals surface area contributed by atoms with Crippen LogP contribution in [0.15, 0.2) is 0 Å². The zero-order valence-electron chi connectivity index (χ0n) is 11.1. The molecule has 4 heteroatoms. The Morgan fingerprint density at radius 1 is 1.17 bits per heavy atom. The van der Waals surface area contributed by atoms with E-state index in [1.165, 1.54) is 38.5 Å². The molecule has 0 aliphatic heterocycles. The Kier molecular flexibility index (Phi) is 4.61. The average Bonchev–Trinajstić information content (AvgIpc) is 2.20. The van der Waals surface area contributed by atoms with Gasteiger partial charge in [0.15, 0.2) is 0 Å². The monoisotopic (exact) mass is 253 g/mol. The van der Waals surface area contributed by atoms with E-state index in [2.05, 4.69) is 5.32 Å². The first-order valence-corrected chi connectivity index (χ1v) is 7.15. The van der Waals surface area contributed by atoms with Crippen LogP contribution in [0.1, 0.15) is 45.4 Å². The van der Waals surface area contributed by atoms with Gasteiger partial charge in [-0.2, -0.15) is 0 Å². The van der Waals surface area contributed by atoms with Gasteiger partial charge in [-0.1, -0.05) is 12.8 Å². The standard InChI is InChI=1S/C14H23NO3/c1-2-18-12(16)9-15-14(17)13(10-5-3-6-10)11-7-4-8-11/h10-11,13H,2-9H2,1H3,(H,15,17). The normalized spacial score (nSPS) is 20.1. The van der Waals surface area contributed by atoms with Gasteiger partial charge in [-0.3, -0.25) is 9.59 Å². The highest BCUT2D eigenvalue weighted by molar-refractivity contribution is 5.84. The third-order valence-electron chi connectivity index (χ3n) is 4.33. The van der Waals surface area contributed by atoms with Gasteiger partial charge in [0.05, 0.1) is 6.61 Å². The van der Waals surface area contributed by atoms with Gasteiger partial charge >= 0.3 is 5.97 Å². The quantitative estimate of drug-likeness (QED) is 0.735. The smallest absolute Gasteiger partial charge is 0.325 e. The number of carbonyl (C=O) groups excluding carboxylic acids is 2. The molecule has 2 saturated carbocycles. The molecule has 4 nitrogen and oxygen atoms in total. The molecular weight excluding hydrogens is 230 g/mol. The lowest BCUT2D eigenvalue weighted by atomic mass is 9.64. The van der Waals surface area contributed by atoms with Crippen molar-refractivity contribution in [3.05, 3.63) is 0 Å². The Balaban J connectivity index is 1.81. The van der Waals surface area contributed by atoms with E-state index in [9.17, 15) is 9.59 Å². The Hall–Kier alpha value is -1.06. The van der Waals surface area contributed by atoms with Crippen molar-refractivity contribution in [3.63, 3.8) is 0 Å². The number of ether oxygens (including phenoxy) is 1. The van der Waals surface area contributed by atoms with Crippen LogP contribution >= 0.6 is 0 Å². The SMILES string of the molecule is CCOC(=O)CNC(=O)C(C1CCC1)C1CCC1. The number of hydrogen-bond acceptors (Lipinski definition) is 3. The van der Waals surface area contributed by atoms with E-state index in [-0.39, 0.29) is 24.3 Å². The number of hydrogen-bond donors (Lipinski definition) is 1. The minimum absolute atomic E-state index is 0.0165. The fourth-order valence-corrected chi connectivity index (χ4v) is 2.90. The summed E-state index contributed by atoms with van der Waals surface area (Å²) in [5.74, 6) is 0.973. The molecule has 0 aromatic rings. The maximum atomic E-state index is 12.2. The molecule has 1 amide bonds. The first-order chi connectivity index (χ1) is 8.72. The fraction of sp³-hybridized carbons (Fsp3) is 0.857. The first kappa shape index (κ1) is 13.4. The van der Waals surface area contributed by atoms with Gasteiger partial charge in [-0.05, 0) is 44.4 Å². The van der Waals surface area contributed by atoms with Crippen LogP contribution in [0.4, 0.5) is 0 Å². The van der Waals surface area contributed by atoms with Gasteiger partial charge in [0, 0.05) is 5.92 Å². The second-order valence-electron chi connectivity index (χ2n) is 5.43. The number of rotatable bonds is 6. The minimum atomic E-state index is -0.341. The van der Waals surface area contributed by atoms with Crippen molar-refractivity contribution in [1.82, 2.24) is 5.32 Å². The Morgan fingerprint density at radius 3 is 2.11 bits per heavy atom. The highest BCUT2D eigenvalue weighted by atomic mass is 16.5. The third kappa shape index (κ3) is 3.03. The van der Waals surface area contributed by atoms with Crippen molar-refractivity contribution in [2.45, 2.75) is 45.4 Å². The van der Waals surface area contributed by atoms with Crippen molar-refractivity contribution in [2.75, 3.05) is 13.2 Å². The van der Waals surface area contributed by atoms with Crippen molar-refractivity contribution in [1.29, 1.82) is 0 Å². The fourth-order valence-electron chi connectivity index (χ4n) is 2.90. The largest absolute Gasteiger partial charge is 0.465 e. The molecule has 18 heavy (non-hydrogen) atoms. The average molecular weight is 253 g/mol. The van der Waals surface area contributed by atoms with Gasteiger partial charge in [0.25, 0.3) is 0 Å². The van der Waals surface area contributed by atoms with E-state index in [1.807, 2.05) is 0 Å². The summed E-state index contributed by atoms with van der Waals surface area (Å²) >= 11 is 0. The predicted octanol–water partition coefficient (Wildman–Crippen LogP) is 1.88. The lowest BCUT2D eigenvalue weighted by molar-refractivity contribution is -0.144. The van der Waals surface area contributed by atoms with Crippen molar-refractivity contribution >= 4 is 11.9 Å². The van der Waals surface area contributed by atoms with Crippen LogP contribution in [-0.4, -0.2) is 25.0 Å². The number of amides is 1. The molecule has 0 unspecified atom stereocenters. The lowest BCUT2D eigenvalue weighted by Gasteiger charge is -2.41. The van der Waals surface area contributed by atoms with Gasteiger partial charge in [-0.25, -0.2) is 0 Å². The topological polar surface area (TPSA) is 55.4 Å². The Bertz CT molecular complexity index is 294. The zero-order chi connectivity index (χ0) is 13.0. The summed E-state index contributed by atoms with van der Waals surface area (Å²) in [4.78, 5) is 23.4. The van der Waals surface area contributed by atoms with Crippen molar-refractivity contribution in [2.24, 2.45) is 17.8 Å². The van der Waals surface area contributed by atoms with Crippen molar-refractivity contribution in [3.8, 4) is 0 Å². The van der Waals surface area contributed by atoms with E-state index >= 15 is 0 Å². The minimum Gasteiger partial charge on any atom is -0.465 e. The number of carbonyl (C=O) groups is 2. The summed E-state index contributed by atoms with van der Waals surface area (Å²) in [5.41, 5.74) is 0. The molecule has 0 heterocycles. The molecular formula is C14H23NO3. The first-order valence-electron chi connectivity index (χ1n) is 7.15. The molecule has 0 bridgehead atoms. The molecule has 0 spiro atoms. The number of esters is 1. The van der Waals surface area contributed by atoms with Gasteiger partial charge in [0.2, 0.25) is 5.91 Å². The van der Waals surface area contributed by atoms with E-state index in [0.717, 1.165) is 0 Å². The maximum Gasteiger partial charge on any atom is 0.325 e. The molecule has 0 aromatic carbocycles. The van der Waals surface area contributed by atoms with E-state index in [1.54, 1.807) is 6.92 Å². The molecule has 2 aliphatic carbocycles. The molecule has 2 fully saturated rings. The molecule has 0 radical (unpaired) electrons. The van der Waals surface area contributed by atoms with Crippen LogP contribution in [-0.2, 0) is 14.3 Å². The maximum absolute atomic E-state index is 12.2. The van der Waals surface area contributed by atoms with E-state index in [0.29, 0.717) is 18.4 Å². The Labute approximate surface area is 108 Å². The van der Waals surface area contributed by atoms with Crippen LogP contribution in [0, 0.1) is 17.8 Å². The summed E-state index contributed by atoms with van der Waals surface area (Å²) in [5, 5.41) is 2.75. The van der Waals surface area contributed by atoms with Crippen molar-refractivity contribution < 1.29 is 14.3 Å². The zero-order valence-corrected chi connectivity index (χ0v) is 11.1. The summed E-state index contributed by atoms with van der Waals surface area (Å²) in [6.45, 7) is 2.15. The van der Waals surface area contributed by atoms with E-state index in [4.69, 9.17) is 4.74 Å². The molecule has 0 aromatic heterocycles. The lowest BCUT2D eigenvalue weighted by Crippen LogP contribution is -2.45. The van der Waals surface area contributed by atoms with Crippen LogP contribution in [0.2, 0.25) is 0 Å². The molecule has 0 saturated heterocycles. The molecule has 2 aliphatic rings. The highest BCUT2D eigenvalue weighted by Crippen LogP contribution is 2.44. The third-order valence-corrected chi connectivity index (χ3v) is 4.33. The van der Waals surface area contributed by atoms with Crippen LogP contribution in [0.25, 0.3) is 0 Å². The highest BCUT2D eigenvalue weighted by Gasteiger charge is 2.40. The second kappa shape index (κ2) is 6.21. The summed E-state index contributed by atoms with van der Waals surface area (Å²) in [6.07, 6.45) is 7.20. The summed E-state index contributed by atoms with van der Waals surface area (Å²) in [7, 11) is 0. The molecule has 2 rings (SSSR count). The van der Waals surface area contributed by atoms with Gasteiger partial charge in [0.1, 0.15) is 6.54 Å². The Morgan fingerprint density at radius 2 is 1.72 bits per heavy atom. The van der Waals surface area contributed by atoms with Crippen LogP contribution < -0.4 is 5.32 Å². The van der Waals surface area contributed by atoms with Gasteiger partial charge in [-0.15, -0.1) is 0 Å². The molecule has 1 N–H and O–H groups in total. The summed E-state index contributed by atoms with van der Waals surface area (Å²) < 4.78 is 4.82. The predicted molar refractivity (Wildman–Crippen MR) is 67.8 cm³/mol. The second-order valence-corrected chi connectivity index (χ2v) is 5.43. The van der Waals surface area contributed by atoms with Crippen LogP contribution in [0.5, 0.6) is 0 Å². The summed E-state index contributed by atoms with van der Waals surface area (Å²) in [6, 6.07) is 0.